The summed E-state index contributed by atoms with van der Waals surface area (Å²) >= 11 is 0. The summed E-state index contributed by atoms with van der Waals surface area (Å²) in [6.45, 7) is 6.25. The lowest BCUT2D eigenvalue weighted by molar-refractivity contribution is -0.138. The van der Waals surface area contributed by atoms with Crippen LogP contribution >= 0.6 is 0 Å². The van der Waals surface area contributed by atoms with Gasteiger partial charge in [-0.3, -0.25) is 4.79 Å². The van der Waals surface area contributed by atoms with Crippen molar-refractivity contribution in [2.75, 3.05) is 26.2 Å². The van der Waals surface area contributed by atoms with E-state index < -0.39 is 5.97 Å². The van der Waals surface area contributed by atoms with Crippen LogP contribution in [0.25, 0.3) is 0 Å². The third-order valence-corrected chi connectivity index (χ3v) is 4.17. The van der Waals surface area contributed by atoms with Gasteiger partial charge >= 0.3 is 5.97 Å². The number of carboxylic acids is 1. The van der Waals surface area contributed by atoms with E-state index in [0.717, 1.165) is 13.0 Å². The summed E-state index contributed by atoms with van der Waals surface area (Å²) in [4.78, 5) is 13.0. The molecule has 0 aromatic carbocycles. The van der Waals surface area contributed by atoms with Crippen molar-refractivity contribution in [3.8, 4) is 0 Å². The van der Waals surface area contributed by atoms with Crippen LogP contribution in [0, 0.1) is 5.92 Å². The van der Waals surface area contributed by atoms with E-state index >= 15 is 0 Å². The number of nitrogens with zero attached hydrogens (tertiary/aromatic N) is 1. The Bertz CT molecular complexity index is 289. The van der Waals surface area contributed by atoms with Gasteiger partial charge in [-0.25, -0.2) is 0 Å². The molecular formula is C14H25NO4. The first kappa shape index (κ1) is 14.8. The minimum absolute atomic E-state index is 0.0307. The maximum absolute atomic E-state index is 10.5. The number of carboxylic acid groups (broad SMARTS) is 1. The lowest BCUT2D eigenvalue weighted by Crippen LogP contribution is -2.34. The van der Waals surface area contributed by atoms with E-state index in [4.69, 9.17) is 14.6 Å². The summed E-state index contributed by atoms with van der Waals surface area (Å²) in [5.41, 5.74) is 0. The maximum Gasteiger partial charge on any atom is 0.303 e. The first-order valence-electron chi connectivity index (χ1n) is 7.38. The van der Waals surface area contributed by atoms with Crippen LogP contribution in [0.5, 0.6) is 0 Å². The van der Waals surface area contributed by atoms with Crippen molar-refractivity contribution in [2.45, 2.75) is 51.4 Å². The van der Waals surface area contributed by atoms with E-state index in [1.165, 1.54) is 25.9 Å². The largest absolute Gasteiger partial charge is 0.481 e. The van der Waals surface area contributed by atoms with E-state index in [9.17, 15) is 4.79 Å². The molecule has 2 atom stereocenters. The Morgan fingerprint density at radius 3 is 2.74 bits per heavy atom. The first-order valence-corrected chi connectivity index (χ1v) is 7.38. The molecule has 0 radical (unpaired) electrons. The zero-order valence-electron chi connectivity index (χ0n) is 11.7. The van der Waals surface area contributed by atoms with Crippen molar-refractivity contribution < 1.29 is 19.4 Å². The number of carbonyl (C=O) groups is 1. The Morgan fingerprint density at radius 2 is 2.11 bits per heavy atom. The summed E-state index contributed by atoms with van der Waals surface area (Å²) in [5, 5.41) is 8.65. The molecular weight excluding hydrogens is 246 g/mol. The van der Waals surface area contributed by atoms with E-state index in [0.29, 0.717) is 18.9 Å². The molecule has 0 amide bonds. The number of likely N-dealkylation sites (tertiary alicyclic amines) is 1. The molecule has 5 heteroatoms. The Balaban J connectivity index is 1.64. The van der Waals surface area contributed by atoms with Gasteiger partial charge in [-0.1, -0.05) is 6.92 Å². The van der Waals surface area contributed by atoms with E-state index in [1.54, 1.807) is 0 Å². The molecule has 2 saturated heterocycles. The Hall–Kier alpha value is -0.650. The molecule has 0 aromatic rings. The molecule has 0 bridgehead atoms. The molecule has 2 aliphatic rings. The van der Waals surface area contributed by atoms with Gasteiger partial charge in [-0.05, 0) is 44.8 Å². The normalized spacial score (nSPS) is 29.7. The average molecular weight is 271 g/mol. The van der Waals surface area contributed by atoms with E-state index in [1.807, 2.05) is 0 Å². The van der Waals surface area contributed by atoms with Crippen molar-refractivity contribution in [3.63, 3.8) is 0 Å². The molecule has 0 aromatic heterocycles. The predicted octanol–water partition coefficient (Wildman–Crippen LogP) is 1.71. The van der Waals surface area contributed by atoms with Crippen LogP contribution in [-0.2, 0) is 14.3 Å². The number of rotatable bonds is 6. The lowest BCUT2D eigenvalue weighted by atomic mass is 9.93. The van der Waals surface area contributed by atoms with E-state index in [-0.39, 0.29) is 18.8 Å². The van der Waals surface area contributed by atoms with Gasteiger partial charge in [-0.2, -0.15) is 0 Å². The topological polar surface area (TPSA) is 59.0 Å². The Morgan fingerprint density at radius 1 is 1.37 bits per heavy atom. The summed E-state index contributed by atoms with van der Waals surface area (Å²) in [6, 6.07) is 0. The maximum atomic E-state index is 10.5. The molecule has 1 N–H and O–H groups in total. The van der Waals surface area contributed by atoms with Crippen LogP contribution in [0.1, 0.15) is 39.0 Å². The van der Waals surface area contributed by atoms with Gasteiger partial charge in [0.2, 0.25) is 0 Å². The molecule has 0 aliphatic carbocycles. The SMILES string of the molecule is CCN1CCC(CC2OCC(CCC(=O)O)O2)CC1. The van der Waals surface area contributed by atoms with Crippen LogP contribution in [0.4, 0.5) is 0 Å². The van der Waals surface area contributed by atoms with Gasteiger partial charge in [0, 0.05) is 12.8 Å². The average Bonchev–Trinajstić information content (AvgIpc) is 2.85. The molecule has 0 saturated carbocycles. The summed E-state index contributed by atoms with van der Waals surface area (Å²) in [6.07, 6.45) is 3.97. The second-order valence-electron chi connectivity index (χ2n) is 5.57. The highest BCUT2D eigenvalue weighted by Crippen LogP contribution is 2.27. The molecule has 5 nitrogen and oxygen atoms in total. The third kappa shape index (κ3) is 4.75. The molecule has 19 heavy (non-hydrogen) atoms. The molecule has 0 spiro atoms. The second kappa shape index (κ2) is 7.22. The number of ether oxygens (including phenoxy) is 2. The van der Waals surface area contributed by atoms with Crippen LogP contribution in [0.15, 0.2) is 0 Å². The minimum Gasteiger partial charge on any atom is -0.481 e. The van der Waals surface area contributed by atoms with Gasteiger partial charge in [0.15, 0.2) is 6.29 Å². The predicted molar refractivity (Wildman–Crippen MR) is 70.9 cm³/mol. The van der Waals surface area contributed by atoms with Gasteiger partial charge in [0.1, 0.15) is 0 Å². The fourth-order valence-corrected chi connectivity index (χ4v) is 2.88. The molecule has 2 rings (SSSR count). The fourth-order valence-electron chi connectivity index (χ4n) is 2.88. The molecule has 2 heterocycles. The van der Waals surface area contributed by atoms with Crippen LogP contribution in [0.3, 0.4) is 0 Å². The first-order chi connectivity index (χ1) is 9.17. The van der Waals surface area contributed by atoms with Crippen molar-refractivity contribution >= 4 is 5.97 Å². The van der Waals surface area contributed by atoms with Gasteiger partial charge in [0.25, 0.3) is 0 Å². The molecule has 2 fully saturated rings. The molecule has 110 valence electrons. The van der Waals surface area contributed by atoms with Crippen LogP contribution in [0.2, 0.25) is 0 Å². The Kier molecular flexibility index (Phi) is 5.60. The molecule has 2 unspecified atom stereocenters. The highest BCUT2D eigenvalue weighted by Gasteiger charge is 2.29. The Labute approximate surface area is 114 Å². The van der Waals surface area contributed by atoms with Crippen molar-refractivity contribution in [2.24, 2.45) is 5.92 Å². The van der Waals surface area contributed by atoms with E-state index in [2.05, 4.69) is 11.8 Å². The monoisotopic (exact) mass is 271 g/mol. The number of aliphatic carboxylic acids is 1. The zero-order valence-corrected chi connectivity index (χ0v) is 11.7. The standard InChI is InChI=1S/C14H25NO4/c1-2-15-7-5-11(6-8-15)9-14-18-10-12(19-14)3-4-13(16)17/h11-12,14H,2-10H2,1H3,(H,16,17). The highest BCUT2D eigenvalue weighted by molar-refractivity contribution is 5.66. The summed E-state index contributed by atoms with van der Waals surface area (Å²) in [5.74, 6) is -0.0787. The second-order valence-corrected chi connectivity index (χ2v) is 5.57. The summed E-state index contributed by atoms with van der Waals surface area (Å²) < 4.78 is 11.4. The van der Waals surface area contributed by atoms with Crippen LogP contribution in [-0.4, -0.2) is 54.6 Å². The van der Waals surface area contributed by atoms with Gasteiger partial charge in [-0.15, -0.1) is 0 Å². The van der Waals surface area contributed by atoms with Crippen molar-refractivity contribution in [3.05, 3.63) is 0 Å². The lowest BCUT2D eigenvalue weighted by Gasteiger charge is -2.31. The van der Waals surface area contributed by atoms with Gasteiger partial charge in [0.05, 0.1) is 12.7 Å². The van der Waals surface area contributed by atoms with Gasteiger partial charge < -0.3 is 19.5 Å². The molecule has 2 aliphatic heterocycles. The fraction of sp³-hybridized carbons (Fsp3) is 0.929. The highest BCUT2D eigenvalue weighted by atomic mass is 16.7. The zero-order chi connectivity index (χ0) is 13.7. The van der Waals surface area contributed by atoms with Crippen LogP contribution < -0.4 is 0 Å². The number of hydrogen-bond donors (Lipinski definition) is 1. The number of hydrogen-bond acceptors (Lipinski definition) is 4. The van der Waals surface area contributed by atoms with Crippen molar-refractivity contribution in [1.82, 2.24) is 4.90 Å². The smallest absolute Gasteiger partial charge is 0.303 e. The van der Waals surface area contributed by atoms with Crippen molar-refractivity contribution in [1.29, 1.82) is 0 Å². The number of piperidine rings is 1. The summed E-state index contributed by atoms with van der Waals surface area (Å²) in [7, 11) is 0. The quantitative estimate of drug-likeness (QED) is 0.797. The third-order valence-electron chi connectivity index (χ3n) is 4.17. The minimum atomic E-state index is -0.765.